The molecule has 0 amide bonds. The third-order valence-electron chi connectivity index (χ3n) is 3.37. The van der Waals surface area contributed by atoms with Gasteiger partial charge in [0.25, 0.3) is 0 Å². The van der Waals surface area contributed by atoms with Gasteiger partial charge in [-0.3, -0.25) is 4.90 Å². The third-order valence-corrected chi connectivity index (χ3v) is 3.49. The summed E-state index contributed by atoms with van der Waals surface area (Å²) in [6.45, 7) is 10.9. The highest BCUT2D eigenvalue weighted by Gasteiger charge is 2.33. The lowest BCUT2D eigenvalue weighted by Crippen LogP contribution is -2.58. The van der Waals surface area contributed by atoms with Crippen molar-refractivity contribution in [2.75, 3.05) is 19.6 Å². The van der Waals surface area contributed by atoms with Crippen molar-refractivity contribution in [3.05, 3.63) is 47.5 Å². The minimum Gasteiger partial charge on any atom is -0.309 e. The lowest BCUT2D eigenvalue weighted by atomic mass is 9.95. The van der Waals surface area contributed by atoms with Crippen molar-refractivity contribution >= 4 is 11.6 Å². The van der Waals surface area contributed by atoms with Crippen molar-refractivity contribution in [1.29, 1.82) is 0 Å². The lowest BCUT2D eigenvalue weighted by molar-refractivity contribution is 0.107. The van der Waals surface area contributed by atoms with Gasteiger partial charge in [0.2, 0.25) is 0 Å². The van der Waals surface area contributed by atoms with Gasteiger partial charge in [0.05, 0.1) is 0 Å². The fourth-order valence-corrected chi connectivity index (χ4v) is 2.72. The number of benzene rings is 1. The fraction of sp³-hybridized carbons (Fsp3) is 0.467. The molecule has 1 heterocycles. The van der Waals surface area contributed by atoms with E-state index in [-0.39, 0.29) is 5.54 Å². The first-order valence-electron chi connectivity index (χ1n) is 6.35. The lowest BCUT2D eigenvalue weighted by Gasteiger charge is -2.44. The molecule has 1 aliphatic heterocycles. The largest absolute Gasteiger partial charge is 0.309 e. The molecular formula is C15H21ClN2. The molecule has 18 heavy (non-hydrogen) atoms. The summed E-state index contributed by atoms with van der Waals surface area (Å²) >= 11 is 6.00. The van der Waals surface area contributed by atoms with Crippen molar-refractivity contribution in [1.82, 2.24) is 10.2 Å². The van der Waals surface area contributed by atoms with Crippen LogP contribution in [0.1, 0.15) is 25.5 Å². The van der Waals surface area contributed by atoms with E-state index in [1.807, 2.05) is 0 Å². The van der Waals surface area contributed by atoms with Crippen LogP contribution in [0.25, 0.3) is 0 Å². The molecular weight excluding hydrogens is 244 g/mol. The van der Waals surface area contributed by atoms with E-state index in [9.17, 15) is 0 Å². The molecule has 2 rings (SSSR count). The number of piperazine rings is 1. The normalized spacial score (nSPS) is 23.8. The van der Waals surface area contributed by atoms with Crippen LogP contribution in [0.4, 0.5) is 0 Å². The van der Waals surface area contributed by atoms with Crippen LogP contribution in [-0.2, 0) is 0 Å². The standard InChI is InChI=1S/C15H21ClN2/c1-12(16)10-18-11-15(2,3)17-9-14(18)13-7-5-4-6-8-13/h4-8,14,17H,1,9-11H2,2-3H3. The second kappa shape index (κ2) is 5.43. The van der Waals surface area contributed by atoms with Gasteiger partial charge in [0.15, 0.2) is 0 Å². The zero-order valence-electron chi connectivity index (χ0n) is 11.1. The Morgan fingerprint density at radius 3 is 2.72 bits per heavy atom. The van der Waals surface area contributed by atoms with Crippen molar-refractivity contribution in [3.63, 3.8) is 0 Å². The van der Waals surface area contributed by atoms with Gasteiger partial charge >= 0.3 is 0 Å². The molecule has 0 saturated carbocycles. The van der Waals surface area contributed by atoms with E-state index in [1.165, 1.54) is 5.56 Å². The number of rotatable bonds is 3. The molecule has 0 aromatic heterocycles. The molecule has 0 aliphatic carbocycles. The minimum absolute atomic E-state index is 0.123. The monoisotopic (exact) mass is 264 g/mol. The molecule has 2 nitrogen and oxygen atoms in total. The molecule has 0 spiro atoms. The second-order valence-corrected chi connectivity index (χ2v) is 6.15. The average Bonchev–Trinajstić information content (AvgIpc) is 2.28. The predicted octanol–water partition coefficient (Wildman–Crippen LogP) is 3.16. The molecule has 0 bridgehead atoms. The Morgan fingerprint density at radius 1 is 1.44 bits per heavy atom. The molecule has 1 atom stereocenters. The van der Waals surface area contributed by atoms with E-state index in [1.54, 1.807) is 0 Å². The summed E-state index contributed by atoms with van der Waals surface area (Å²) in [4.78, 5) is 2.40. The summed E-state index contributed by atoms with van der Waals surface area (Å²) in [5.41, 5.74) is 1.45. The van der Waals surface area contributed by atoms with Crippen LogP contribution < -0.4 is 5.32 Å². The molecule has 1 fully saturated rings. The van der Waals surface area contributed by atoms with Crippen LogP contribution in [0.3, 0.4) is 0 Å². The maximum atomic E-state index is 6.00. The smallest absolute Gasteiger partial charge is 0.0477 e. The van der Waals surface area contributed by atoms with E-state index < -0.39 is 0 Å². The summed E-state index contributed by atoms with van der Waals surface area (Å²) in [7, 11) is 0. The Kier molecular flexibility index (Phi) is 4.10. The van der Waals surface area contributed by atoms with E-state index >= 15 is 0 Å². The SMILES string of the molecule is C=C(Cl)CN1CC(C)(C)NCC1c1ccccc1. The average molecular weight is 265 g/mol. The molecule has 0 radical (unpaired) electrons. The first kappa shape index (κ1) is 13.6. The number of halogens is 1. The first-order chi connectivity index (χ1) is 8.48. The Balaban J connectivity index is 2.20. The number of hydrogen-bond donors (Lipinski definition) is 1. The molecule has 1 saturated heterocycles. The molecule has 98 valence electrons. The van der Waals surface area contributed by atoms with Crippen LogP contribution in [0, 0.1) is 0 Å². The first-order valence-corrected chi connectivity index (χ1v) is 6.73. The van der Waals surface area contributed by atoms with E-state index in [2.05, 4.69) is 61.0 Å². The highest BCUT2D eigenvalue weighted by Crippen LogP contribution is 2.27. The quantitative estimate of drug-likeness (QED) is 0.902. The second-order valence-electron chi connectivity index (χ2n) is 5.61. The van der Waals surface area contributed by atoms with Crippen LogP contribution >= 0.6 is 11.6 Å². The summed E-state index contributed by atoms with van der Waals surface area (Å²) in [5, 5.41) is 4.30. The Labute approximate surface area is 115 Å². The van der Waals surface area contributed by atoms with Gasteiger partial charge in [0, 0.05) is 36.2 Å². The van der Waals surface area contributed by atoms with Gasteiger partial charge < -0.3 is 5.32 Å². The van der Waals surface area contributed by atoms with Crippen LogP contribution in [0.5, 0.6) is 0 Å². The van der Waals surface area contributed by atoms with Crippen molar-refractivity contribution in [2.24, 2.45) is 0 Å². The van der Waals surface area contributed by atoms with Gasteiger partial charge in [-0.2, -0.15) is 0 Å². The molecule has 1 aliphatic rings. The third kappa shape index (κ3) is 3.35. The summed E-state index contributed by atoms with van der Waals surface area (Å²) in [6, 6.07) is 10.9. The van der Waals surface area contributed by atoms with Crippen molar-refractivity contribution in [3.8, 4) is 0 Å². The highest BCUT2D eigenvalue weighted by atomic mass is 35.5. The van der Waals surface area contributed by atoms with Gasteiger partial charge in [0.1, 0.15) is 0 Å². The Morgan fingerprint density at radius 2 is 2.11 bits per heavy atom. The number of hydrogen-bond acceptors (Lipinski definition) is 2. The van der Waals surface area contributed by atoms with Gasteiger partial charge in [-0.25, -0.2) is 0 Å². The highest BCUT2D eigenvalue weighted by molar-refractivity contribution is 6.29. The Hall–Kier alpha value is -0.830. The summed E-state index contributed by atoms with van der Waals surface area (Å²) in [6.07, 6.45) is 0. The number of nitrogens with zero attached hydrogens (tertiary/aromatic N) is 1. The minimum atomic E-state index is 0.123. The molecule has 1 aromatic rings. The zero-order valence-corrected chi connectivity index (χ0v) is 11.9. The maximum Gasteiger partial charge on any atom is 0.0477 e. The van der Waals surface area contributed by atoms with Crippen molar-refractivity contribution in [2.45, 2.75) is 25.4 Å². The predicted molar refractivity (Wildman–Crippen MR) is 77.8 cm³/mol. The topological polar surface area (TPSA) is 15.3 Å². The van der Waals surface area contributed by atoms with Gasteiger partial charge in [-0.15, -0.1) is 0 Å². The maximum absolute atomic E-state index is 6.00. The molecule has 3 heteroatoms. The van der Waals surface area contributed by atoms with E-state index in [4.69, 9.17) is 11.6 Å². The van der Waals surface area contributed by atoms with Crippen molar-refractivity contribution < 1.29 is 0 Å². The van der Waals surface area contributed by atoms with Crippen LogP contribution in [0.15, 0.2) is 41.9 Å². The molecule has 1 aromatic carbocycles. The van der Waals surface area contributed by atoms with Gasteiger partial charge in [-0.05, 0) is 19.4 Å². The fourth-order valence-electron chi connectivity index (χ4n) is 2.57. The zero-order chi connectivity index (χ0) is 13.2. The van der Waals surface area contributed by atoms with Gasteiger partial charge in [-0.1, -0.05) is 48.5 Å². The van der Waals surface area contributed by atoms with Crippen LogP contribution in [-0.4, -0.2) is 30.1 Å². The Bertz CT molecular complexity index is 414. The summed E-state index contributed by atoms with van der Waals surface area (Å²) in [5.74, 6) is 0. The van der Waals surface area contributed by atoms with Crippen LogP contribution in [0.2, 0.25) is 0 Å². The molecule has 1 N–H and O–H groups in total. The van der Waals surface area contributed by atoms with E-state index in [0.29, 0.717) is 11.1 Å². The van der Waals surface area contributed by atoms with E-state index in [0.717, 1.165) is 19.6 Å². The summed E-state index contributed by atoms with van der Waals surface area (Å²) < 4.78 is 0. The number of nitrogens with one attached hydrogen (secondary N) is 1. The molecule has 1 unspecified atom stereocenters.